The lowest BCUT2D eigenvalue weighted by Crippen LogP contribution is -2.19. The van der Waals surface area contributed by atoms with Crippen molar-refractivity contribution in [3.05, 3.63) is 120 Å². The molecule has 0 amide bonds. The number of aromatic nitrogens is 2. The van der Waals surface area contributed by atoms with E-state index in [4.69, 9.17) is 4.98 Å². The van der Waals surface area contributed by atoms with Gasteiger partial charge in [0.2, 0.25) is 0 Å². The summed E-state index contributed by atoms with van der Waals surface area (Å²) in [5.41, 5.74) is 9.62. The molecule has 182 valence electrons. The van der Waals surface area contributed by atoms with Crippen molar-refractivity contribution < 1.29 is 0 Å². The van der Waals surface area contributed by atoms with E-state index in [9.17, 15) is 0 Å². The summed E-state index contributed by atoms with van der Waals surface area (Å²) in [6.45, 7) is 9.07. The van der Waals surface area contributed by atoms with Gasteiger partial charge in [0.1, 0.15) is 11.9 Å². The van der Waals surface area contributed by atoms with E-state index in [-0.39, 0.29) is 6.04 Å². The van der Waals surface area contributed by atoms with Crippen LogP contribution in [0.25, 0.3) is 22.2 Å². The van der Waals surface area contributed by atoms with Gasteiger partial charge in [-0.05, 0) is 40.2 Å². The molecule has 0 spiro atoms. The molecule has 1 unspecified atom stereocenters. The largest absolute Gasteiger partial charge is 0.371 e. The standard InChI is InChI=1S/C33H35N3/c1-22(2)26-18-12-19-27(23(3)4)31(26)34-30(25-16-10-7-11-17-25)33-35-32-28(24-14-8-6-9-15-24)20-13-21-29(32)36(33)5/h6-23,30,34H,1-5H3. The number of imidazole rings is 1. The normalized spacial score (nSPS) is 12.4. The minimum Gasteiger partial charge on any atom is -0.371 e. The smallest absolute Gasteiger partial charge is 0.136 e. The lowest BCUT2D eigenvalue weighted by molar-refractivity contribution is 0.752. The Kier molecular flexibility index (Phi) is 6.65. The first-order valence-electron chi connectivity index (χ1n) is 12.9. The van der Waals surface area contributed by atoms with Crippen molar-refractivity contribution in [3.63, 3.8) is 0 Å². The molecular formula is C33H35N3. The van der Waals surface area contributed by atoms with E-state index in [1.165, 1.54) is 27.9 Å². The van der Waals surface area contributed by atoms with Crippen molar-refractivity contribution in [2.45, 2.75) is 45.6 Å². The maximum atomic E-state index is 5.31. The van der Waals surface area contributed by atoms with Crippen molar-refractivity contribution >= 4 is 16.7 Å². The van der Waals surface area contributed by atoms with Crippen LogP contribution in [0.1, 0.15) is 68.1 Å². The third-order valence-corrected chi connectivity index (χ3v) is 7.08. The third kappa shape index (κ3) is 4.42. The molecule has 3 nitrogen and oxygen atoms in total. The minimum absolute atomic E-state index is 0.0929. The molecule has 0 saturated carbocycles. The molecule has 0 saturated heterocycles. The zero-order valence-electron chi connectivity index (χ0n) is 21.9. The first-order valence-corrected chi connectivity index (χ1v) is 12.9. The number of aryl methyl sites for hydroxylation is 1. The van der Waals surface area contributed by atoms with Gasteiger partial charge in [-0.3, -0.25) is 0 Å². The highest BCUT2D eigenvalue weighted by molar-refractivity contribution is 5.92. The number of hydrogen-bond donors (Lipinski definition) is 1. The molecule has 3 heteroatoms. The number of rotatable bonds is 7. The number of para-hydroxylation sites is 2. The Labute approximate surface area is 214 Å². The second-order valence-electron chi connectivity index (χ2n) is 10.2. The van der Waals surface area contributed by atoms with Crippen LogP contribution in [0.5, 0.6) is 0 Å². The van der Waals surface area contributed by atoms with Crippen molar-refractivity contribution in [1.82, 2.24) is 9.55 Å². The van der Waals surface area contributed by atoms with Gasteiger partial charge >= 0.3 is 0 Å². The first-order chi connectivity index (χ1) is 17.5. The molecule has 5 aromatic rings. The third-order valence-electron chi connectivity index (χ3n) is 7.08. The Hall–Kier alpha value is -3.85. The molecule has 1 heterocycles. The van der Waals surface area contributed by atoms with Gasteiger partial charge in [-0.15, -0.1) is 0 Å². The Morgan fingerprint density at radius 3 is 1.86 bits per heavy atom. The van der Waals surface area contributed by atoms with Crippen LogP contribution < -0.4 is 5.32 Å². The molecule has 1 atom stereocenters. The topological polar surface area (TPSA) is 29.9 Å². The first kappa shape index (κ1) is 23.9. The van der Waals surface area contributed by atoms with Gasteiger partial charge in [-0.25, -0.2) is 4.98 Å². The molecule has 1 N–H and O–H groups in total. The number of anilines is 1. The summed E-state index contributed by atoms with van der Waals surface area (Å²) in [6.07, 6.45) is 0. The second-order valence-corrected chi connectivity index (χ2v) is 10.2. The number of nitrogens with zero attached hydrogens (tertiary/aromatic N) is 2. The highest BCUT2D eigenvalue weighted by atomic mass is 15.1. The highest BCUT2D eigenvalue weighted by Crippen LogP contribution is 2.38. The molecule has 0 aliphatic rings. The maximum Gasteiger partial charge on any atom is 0.136 e. The van der Waals surface area contributed by atoms with Crippen LogP contribution in [0.2, 0.25) is 0 Å². The summed E-state index contributed by atoms with van der Waals surface area (Å²) in [6, 6.07) is 34.3. The zero-order chi connectivity index (χ0) is 25.2. The molecule has 1 aromatic heterocycles. The fraction of sp³-hybridized carbons (Fsp3) is 0.242. The van der Waals surface area contributed by atoms with Crippen LogP contribution in [0.4, 0.5) is 5.69 Å². The van der Waals surface area contributed by atoms with E-state index in [0.717, 1.165) is 22.4 Å². The monoisotopic (exact) mass is 473 g/mol. The quantitative estimate of drug-likeness (QED) is 0.256. The molecule has 5 rings (SSSR count). The number of fused-ring (bicyclic) bond motifs is 1. The van der Waals surface area contributed by atoms with E-state index in [2.05, 4.69) is 142 Å². The van der Waals surface area contributed by atoms with Gasteiger partial charge in [-0.1, -0.05) is 119 Å². The van der Waals surface area contributed by atoms with Gasteiger partial charge in [0.15, 0.2) is 0 Å². The molecule has 0 fully saturated rings. The van der Waals surface area contributed by atoms with Crippen molar-refractivity contribution in [2.24, 2.45) is 7.05 Å². The molecule has 0 aliphatic carbocycles. The van der Waals surface area contributed by atoms with Crippen LogP contribution in [0.15, 0.2) is 97.1 Å². The van der Waals surface area contributed by atoms with Crippen LogP contribution in [-0.4, -0.2) is 9.55 Å². The molecule has 0 aliphatic heterocycles. The molecular weight excluding hydrogens is 438 g/mol. The van der Waals surface area contributed by atoms with Gasteiger partial charge in [0.25, 0.3) is 0 Å². The van der Waals surface area contributed by atoms with Crippen molar-refractivity contribution in [2.75, 3.05) is 5.32 Å². The number of nitrogens with one attached hydrogen (secondary N) is 1. The average Bonchev–Trinajstić information content (AvgIpc) is 3.24. The SMILES string of the molecule is CC(C)c1cccc(C(C)C)c1NC(c1ccccc1)c1nc2c(-c3ccccc3)cccc2n1C. The number of hydrogen-bond acceptors (Lipinski definition) is 2. The summed E-state index contributed by atoms with van der Waals surface area (Å²) in [5, 5.41) is 3.99. The summed E-state index contributed by atoms with van der Waals surface area (Å²) in [7, 11) is 2.13. The second kappa shape index (κ2) is 10.0. The van der Waals surface area contributed by atoms with Crippen LogP contribution in [-0.2, 0) is 7.05 Å². The van der Waals surface area contributed by atoms with Gasteiger partial charge in [-0.2, -0.15) is 0 Å². The summed E-state index contributed by atoms with van der Waals surface area (Å²) in [5.74, 6) is 1.83. The molecule has 4 aromatic carbocycles. The Morgan fingerprint density at radius 2 is 1.25 bits per heavy atom. The fourth-order valence-electron chi connectivity index (χ4n) is 5.15. The molecule has 0 bridgehead atoms. The van der Waals surface area contributed by atoms with Crippen LogP contribution >= 0.6 is 0 Å². The lowest BCUT2D eigenvalue weighted by Gasteiger charge is -2.26. The molecule has 36 heavy (non-hydrogen) atoms. The zero-order valence-corrected chi connectivity index (χ0v) is 21.9. The van der Waals surface area contributed by atoms with E-state index in [1.807, 2.05) is 0 Å². The number of benzene rings is 4. The highest BCUT2D eigenvalue weighted by Gasteiger charge is 2.25. The fourth-order valence-corrected chi connectivity index (χ4v) is 5.15. The van der Waals surface area contributed by atoms with Crippen molar-refractivity contribution in [3.8, 4) is 11.1 Å². The van der Waals surface area contributed by atoms with E-state index in [0.29, 0.717) is 11.8 Å². The Balaban J connectivity index is 1.71. The summed E-state index contributed by atoms with van der Waals surface area (Å²) < 4.78 is 2.25. The predicted molar refractivity (Wildman–Crippen MR) is 153 cm³/mol. The van der Waals surface area contributed by atoms with E-state index >= 15 is 0 Å². The summed E-state index contributed by atoms with van der Waals surface area (Å²) in [4.78, 5) is 5.31. The Morgan fingerprint density at radius 1 is 0.667 bits per heavy atom. The van der Waals surface area contributed by atoms with Gasteiger partial charge in [0, 0.05) is 18.3 Å². The van der Waals surface area contributed by atoms with Crippen LogP contribution in [0.3, 0.4) is 0 Å². The van der Waals surface area contributed by atoms with Crippen molar-refractivity contribution in [1.29, 1.82) is 0 Å². The van der Waals surface area contributed by atoms with Gasteiger partial charge < -0.3 is 9.88 Å². The van der Waals surface area contributed by atoms with E-state index < -0.39 is 0 Å². The Bertz CT molecular complexity index is 1440. The predicted octanol–water partition coefficient (Wildman–Crippen LogP) is 8.69. The van der Waals surface area contributed by atoms with Crippen LogP contribution in [0, 0.1) is 0 Å². The average molecular weight is 474 g/mol. The summed E-state index contributed by atoms with van der Waals surface area (Å²) >= 11 is 0. The minimum atomic E-state index is -0.0929. The molecule has 0 radical (unpaired) electrons. The van der Waals surface area contributed by atoms with E-state index in [1.54, 1.807) is 0 Å². The van der Waals surface area contributed by atoms with Gasteiger partial charge in [0.05, 0.1) is 11.0 Å². The lowest BCUT2D eigenvalue weighted by atomic mass is 9.91. The maximum absolute atomic E-state index is 5.31.